The van der Waals surface area contributed by atoms with Crippen LogP contribution in [0.1, 0.15) is 36.6 Å². The zero-order chi connectivity index (χ0) is 16.9. The number of rotatable bonds is 1. The van der Waals surface area contributed by atoms with Crippen LogP contribution in [0.25, 0.3) is 0 Å². The van der Waals surface area contributed by atoms with Gasteiger partial charge in [-0.2, -0.15) is 5.26 Å². The summed E-state index contributed by atoms with van der Waals surface area (Å²) < 4.78 is 6.05. The van der Waals surface area contributed by atoms with Crippen LogP contribution in [0.3, 0.4) is 0 Å². The topological polar surface area (TPSA) is 45.5 Å². The van der Waals surface area contributed by atoms with Crippen molar-refractivity contribution in [3.05, 3.63) is 59.2 Å². The van der Waals surface area contributed by atoms with E-state index in [1.807, 2.05) is 35.4 Å². The minimum absolute atomic E-state index is 0.0661. The van der Waals surface area contributed by atoms with Gasteiger partial charge in [-0.1, -0.05) is 38.1 Å². The number of hydrogen-bond donors (Lipinski definition) is 0. The summed E-state index contributed by atoms with van der Waals surface area (Å²) in [5.74, 6) is 1.17. The van der Waals surface area contributed by atoms with Crippen LogP contribution in [0, 0.1) is 17.2 Å². The number of hydrogen-bond acceptors (Lipinski definition) is 4. The molecule has 0 saturated heterocycles. The fourth-order valence-corrected chi connectivity index (χ4v) is 4.13. The maximum absolute atomic E-state index is 9.29. The minimum Gasteiger partial charge on any atom is -0.493 e. The molecular weight excluding hydrogens is 300 g/mol. The quantitative estimate of drug-likeness (QED) is 0.797. The van der Waals surface area contributed by atoms with Crippen LogP contribution >= 0.6 is 0 Å². The van der Waals surface area contributed by atoms with Gasteiger partial charge in [0.25, 0.3) is 0 Å². The Morgan fingerprint density at radius 1 is 1.25 bits per heavy atom. The van der Waals surface area contributed by atoms with Gasteiger partial charge in [-0.3, -0.25) is 4.84 Å². The number of ether oxygens (including phenoxy) is 1. The fraction of sp³-hybridized carbons (Fsp3) is 0.350. The molecule has 2 aromatic carbocycles. The molecule has 0 fully saturated rings. The number of fused-ring (bicyclic) bond motifs is 4. The lowest BCUT2D eigenvalue weighted by Gasteiger charge is -2.52. The molecule has 4 rings (SSSR count). The summed E-state index contributed by atoms with van der Waals surface area (Å²) >= 11 is 0. The van der Waals surface area contributed by atoms with E-state index in [1.54, 1.807) is 7.11 Å². The van der Waals surface area contributed by atoms with Crippen molar-refractivity contribution in [2.45, 2.75) is 25.3 Å². The molecular formula is C20H20N2O2. The number of nitrogens with zero attached hydrogens (tertiary/aromatic N) is 2. The molecule has 0 aromatic heterocycles. The molecule has 0 bridgehead atoms. The predicted octanol–water partition coefficient (Wildman–Crippen LogP) is 3.97. The van der Waals surface area contributed by atoms with Gasteiger partial charge in [0.2, 0.25) is 0 Å². The first-order valence-corrected chi connectivity index (χ1v) is 8.17. The smallest absolute Gasteiger partial charge is 0.124 e. The fourth-order valence-electron chi connectivity index (χ4n) is 4.13. The molecule has 4 nitrogen and oxygen atoms in total. The number of nitriles is 1. The molecule has 2 aromatic rings. The minimum atomic E-state index is -0.0868. The van der Waals surface area contributed by atoms with E-state index in [0.29, 0.717) is 12.2 Å². The lowest BCUT2D eigenvalue weighted by molar-refractivity contribution is 0.0441. The van der Waals surface area contributed by atoms with Crippen molar-refractivity contribution in [3.63, 3.8) is 0 Å². The molecule has 2 aliphatic heterocycles. The van der Waals surface area contributed by atoms with Crippen molar-refractivity contribution >= 4 is 5.69 Å². The van der Waals surface area contributed by atoms with Gasteiger partial charge in [-0.25, -0.2) is 5.06 Å². The van der Waals surface area contributed by atoms with E-state index in [9.17, 15) is 5.26 Å². The SMILES string of the molecule is CON1c2cc(C#N)ccc2C(C)(C)[C@H]2COc3ccccc3[C@H]21. The molecule has 122 valence electrons. The van der Waals surface area contributed by atoms with E-state index >= 15 is 0 Å². The number of anilines is 1. The zero-order valence-electron chi connectivity index (χ0n) is 14.1. The lowest BCUT2D eigenvalue weighted by Crippen LogP contribution is -2.51. The third-order valence-electron chi connectivity index (χ3n) is 5.47. The highest BCUT2D eigenvalue weighted by Gasteiger charge is 2.50. The van der Waals surface area contributed by atoms with Crippen molar-refractivity contribution in [1.29, 1.82) is 5.26 Å². The summed E-state index contributed by atoms with van der Waals surface area (Å²) in [6.45, 7) is 5.15. The van der Waals surface area contributed by atoms with Crippen molar-refractivity contribution in [1.82, 2.24) is 0 Å². The van der Waals surface area contributed by atoms with Crippen LogP contribution in [0.4, 0.5) is 5.69 Å². The van der Waals surface area contributed by atoms with Gasteiger partial charge in [0.1, 0.15) is 5.75 Å². The summed E-state index contributed by atoms with van der Waals surface area (Å²) in [6, 6.07) is 16.3. The Morgan fingerprint density at radius 2 is 2.04 bits per heavy atom. The molecule has 2 aliphatic rings. The Labute approximate surface area is 142 Å². The van der Waals surface area contributed by atoms with Crippen LogP contribution in [0.15, 0.2) is 42.5 Å². The standard InChI is InChI=1S/C20H20N2O2/c1-20(2)15-9-8-13(11-21)10-17(15)22(23-3)19-14-6-4-5-7-18(14)24-12-16(19)20/h4-10,16,19H,12H2,1-3H3/t16-,19+/m0/s1. The molecule has 0 saturated carbocycles. The summed E-state index contributed by atoms with van der Waals surface area (Å²) in [7, 11) is 1.69. The van der Waals surface area contributed by atoms with E-state index in [-0.39, 0.29) is 17.4 Å². The van der Waals surface area contributed by atoms with Crippen molar-refractivity contribution in [3.8, 4) is 11.8 Å². The molecule has 0 amide bonds. The van der Waals surface area contributed by atoms with Crippen LogP contribution in [-0.2, 0) is 10.3 Å². The molecule has 24 heavy (non-hydrogen) atoms. The molecule has 0 aliphatic carbocycles. The molecule has 0 radical (unpaired) electrons. The summed E-state index contributed by atoms with van der Waals surface area (Å²) in [4.78, 5) is 5.81. The normalized spacial score (nSPS) is 23.3. The first kappa shape index (κ1) is 15.0. The molecule has 0 unspecified atom stereocenters. The van der Waals surface area contributed by atoms with Gasteiger partial charge in [0.05, 0.1) is 37.1 Å². The molecule has 2 heterocycles. The van der Waals surface area contributed by atoms with E-state index < -0.39 is 0 Å². The lowest BCUT2D eigenvalue weighted by atomic mass is 9.65. The van der Waals surface area contributed by atoms with Gasteiger partial charge >= 0.3 is 0 Å². The maximum Gasteiger partial charge on any atom is 0.124 e. The maximum atomic E-state index is 9.29. The Bertz CT molecular complexity index is 838. The third kappa shape index (κ3) is 1.95. The average molecular weight is 320 g/mol. The predicted molar refractivity (Wildman–Crippen MR) is 91.8 cm³/mol. The summed E-state index contributed by atoms with van der Waals surface area (Å²) in [5, 5.41) is 11.2. The highest BCUT2D eigenvalue weighted by molar-refractivity contribution is 5.64. The van der Waals surface area contributed by atoms with E-state index in [4.69, 9.17) is 9.57 Å². The first-order chi connectivity index (χ1) is 11.6. The Kier molecular flexibility index (Phi) is 3.29. The van der Waals surface area contributed by atoms with E-state index in [0.717, 1.165) is 17.0 Å². The monoisotopic (exact) mass is 320 g/mol. The second-order valence-corrected chi connectivity index (χ2v) is 6.97. The Hall–Kier alpha value is -2.51. The Morgan fingerprint density at radius 3 is 2.79 bits per heavy atom. The highest BCUT2D eigenvalue weighted by atomic mass is 16.7. The molecule has 4 heteroatoms. The Balaban J connectivity index is 1.96. The van der Waals surface area contributed by atoms with Crippen LogP contribution in [-0.4, -0.2) is 13.7 Å². The summed E-state index contributed by atoms with van der Waals surface area (Å²) in [5.41, 5.74) is 3.85. The third-order valence-corrected chi connectivity index (χ3v) is 5.47. The van der Waals surface area contributed by atoms with Crippen LogP contribution < -0.4 is 9.80 Å². The van der Waals surface area contributed by atoms with Crippen LogP contribution in [0.5, 0.6) is 5.75 Å². The van der Waals surface area contributed by atoms with Crippen molar-refractivity contribution in [2.24, 2.45) is 5.92 Å². The number of benzene rings is 2. The van der Waals surface area contributed by atoms with Gasteiger partial charge in [0, 0.05) is 16.9 Å². The van der Waals surface area contributed by atoms with E-state index in [2.05, 4.69) is 32.0 Å². The first-order valence-electron chi connectivity index (χ1n) is 8.17. The molecule has 0 spiro atoms. The largest absolute Gasteiger partial charge is 0.493 e. The van der Waals surface area contributed by atoms with Gasteiger partial charge in [-0.05, 0) is 23.8 Å². The second-order valence-electron chi connectivity index (χ2n) is 6.97. The molecule has 2 atom stereocenters. The molecule has 0 N–H and O–H groups in total. The van der Waals surface area contributed by atoms with Crippen molar-refractivity contribution < 1.29 is 9.57 Å². The van der Waals surface area contributed by atoms with E-state index in [1.165, 1.54) is 5.56 Å². The van der Waals surface area contributed by atoms with Gasteiger partial charge in [0.15, 0.2) is 0 Å². The van der Waals surface area contributed by atoms with Gasteiger partial charge < -0.3 is 4.74 Å². The summed E-state index contributed by atoms with van der Waals surface area (Å²) in [6.07, 6.45) is 0. The number of hydroxylamine groups is 1. The van der Waals surface area contributed by atoms with Gasteiger partial charge in [-0.15, -0.1) is 0 Å². The highest BCUT2D eigenvalue weighted by Crippen LogP contribution is 2.55. The number of para-hydroxylation sites is 1. The van der Waals surface area contributed by atoms with Crippen molar-refractivity contribution in [2.75, 3.05) is 18.8 Å². The van der Waals surface area contributed by atoms with Crippen LogP contribution in [0.2, 0.25) is 0 Å². The average Bonchev–Trinajstić information content (AvgIpc) is 2.61. The second kappa shape index (κ2) is 5.25. The zero-order valence-corrected chi connectivity index (χ0v) is 14.1.